The van der Waals surface area contributed by atoms with Gasteiger partial charge in [-0.25, -0.2) is 18.1 Å². The Morgan fingerprint density at radius 2 is 2.06 bits per heavy atom. The van der Waals surface area contributed by atoms with Crippen molar-refractivity contribution in [2.45, 2.75) is 17.5 Å². The fourth-order valence-corrected chi connectivity index (χ4v) is 3.96. The van der Waals surface area contributed by atoms with E-state index in [2.05, 4.69) is 41.6 Å². The highest BCUT2D eigenvalue weighted by atomic mass is 79.9. The number of imidazole rings is 1. The van der Waals surface area contributed by atoms with E-state index in [0.717, 1.165) is 0 Å². The third-order valence-corrected chi connectivity index (χ3v) is 5.93. The van der Waals surface area contributed by atoms with Crippen LogP contribution in [0.1, 0.15) is 6.92 Å². The van der Waals surface area contributed by atoms with Gasteiger partial charge in [0.05, 0.1) is 6.33 Å². The van der Waals surface area contributed by atoms with Crippen molar-refractivity contribution in [3.8, 4) is 0 Å². The Kier molecular flexibility index (Phi) is 4.56. The molecule has 0 spiro atoms. The van der Waals surface area contributed by atoms with Crippen LogP contribution in [0, 0.1) is 0 Å². The number of aryl methyl sites for hydroxylation is 1. The maximum Gasteiger partial charge on any atom is 0.260 e. The van der Waals surface area contributed by atoms with Crippen molar-refractivity contribution >= 4 is 41.9 Å². The van der Waals surface area contributed by atoms with E-state index in [9.17, 15) is 8.42 Å². The second-order valence-corrected chi connectivity index (χ2v) is 6.56. The lowest BCUT2D eigenvalue weighted by Crippen LogP contribution is -2.48. The summed E-state index contributed by atoms with van der Waals surface area (Å²) in [7, 11) is -1.84. The van der Waals surface area contributed by atoms with E-state index in [4.69, 9.17) is 0 Å². The molecule has 16 heavy (non-hydrogen) atoms. The van der Waals surface area contributed by atoms with Gasteiger partial charge in [-0.2, -0.15) is 0 Å². The van der Waals surface area contributed by atoms with Gasteiger partial charge in [0, 0.05) is 29.4 Å². The van der Waals surface area contributed by atoms with Crippen LogP contribution in [0.25, 0.3) is 0 Å². The van der Waals surface area contributed by atoms with E-state index in [-0.39, 0.29) is 5.03 Å². The number of aromatic nitrogens is 2. The van der Waals surface area contributed by atoms with Gasteiger partial charge >= 0.3 is 0 Å². The van der Waals surface area contributed by atoms with Gasteiger partial charge in [0.25, 0.3) is 10.0 Å². The molecule has 1 aromatic rings. The molecule has 5 nitrogen and oxygen atoms in total. The van der Waals surface area contributed by atoms with E-state index in [1.165, 1.54) is 12.5 Å². The molecule has 0 saturated carbocycles. The molecular weight excluding hydrogens is 362 g/mol. The van der Waals surface area contributed by atoms with Crippen LogP contribution in [-0.4, -0.2) is 34.2 Å². The highest BCUT2D eigenvalue weighted by Crippen LogP contribution is 2.15. The first-order valence-corrected chi connectivity index (χ1v) is 8.19. The molecule has 1 N–H and O–H groups in total. The van der Waals surface area contributed by atoms with Crippen LogP contribution in [0.3, 0.4) is 0 Å². The van der Waals surface area contributed by atoms with Crippen molar-refractivity contribution in [1.82, 2.24) is 14.3 Å². The monoisotopic (exact) mass is 373 g/mol. The highest BCUT2D eigenvalue weighted by molar-refractivity contribution is 9.09. The quantitative estimate of drug-likeness (QED) is 0.789. The number of sulfonamides is 1. The second-order valence-electron chi connectivity index (χ2n) is 3.81. The first kappa shape index (κ1) is 14.1. The molecule has 0 atom stereocenters. The fourth-order valence-electron chi connectivity index (χ4n) is 0.995. The van der Waals surface area contributed by atoms with Gasteiger partial charge < -0.3 is 4.57 Å². The average Bonchev–Trinajstić information content (AvgIpc) is 2.65. The summed E-state index contributed by atoms with van der Waals surface area (Å²) in [5.74, 6) is 0. The van der Waals surface area contributed by atoms with Crippen LogP contribution in [-0.2, 0) is 17.1 Å². The van der Waals surface area contributed by atoms with Gasteiger partial charge in [-0.3, -0.25) is 0 Å². The number of alkyl halides is 2. The molecule has 1 heterocycles. The van der Waals surface area contributed by atoms with Crippen molar-refractivity contribution < 1.29 is 8.42 Å². The standard InChI is InChI=1S/C8H13Br2N3O2S/c1-8(4-9,5-10)12-16(14,15)7-3-13(2)6-11-7/h3,6,12H,4-5H2,1-2H3. The minimum Gasteiger partial charge on any atom is -0.339 e. The van der Waals surface area contributed by atoms with Gasteiger partial charge in [-0.1, -0.05) is 31.9 Å². The summed E-state index contributed by atoms with van der Waals surface area (Å²) in [4.78, 5) is 3.82. The van der Waals surface area contributed by atoms with Gasteiger partial charge in [0.1, 0.15) is 0 Å². The average molecular weight is 375 g/mol. The molecule has 0 aliphatic carbocycles. The predicted molar refractivity (Wildman–Crippen MR) is 69.5 cm³/mol. The van der Waals surface area contributed by atoms with Crippen molar-refractivity contribution in [2.24, 2.45) is 7.05 Å². The molecular formula is C8H13Br2N3O2S. The van der Waals surface area contributed by atoms with E-state index in [1.54, 1.807) is 18.5 Å². The van der Waals surface area contributed by atoms with Crippen LogP contribution < -0.4 is 4.72 Å². The number of nitrogens with one attached hydrogen (secondary N) is 1. The Morgan fingerprint density at radius 3 is 2.44 bits per heavy atom. The normalized spacial score (nSPS) is 13.0. The van der Waals surface area contributed by atoms with Crippen LogP contribution in [0.4, 0.5) is 0 Å². The van der Waals surface area contributed by atoms with Crippen molar-refractivity contribution in [2.75, 3.05) is 10.7 Å². The van der Waals surface area contributed by atoms with Crippen molar-refractivity contribution in [3.05, 3.63) is 12.5 Å². The van der Waals surface area contributed by atoms with Crippen LogP contribution >= 0.6 is 31.9 Å². The molecule has 8 heteroatoms. The van der Waals surface area contributed by atoms with Crippen molar-refractivity contribution in [1.29, 1.82) is 0 Å². The highest BCUT2D eigenvalue weighted by Gasteiger charge is 2.29. The summed E-state index contributed by atoms with van der Waals surface area (Å²) in [6.45, 7) is 1.80. The molecule has 0 fully saturated rings. The summed E-state index contributed by atoms with van der Waals surface area (Å²) < 4.78 is 28.1. The number of hydrogen-bond donors (Lipinski definition) is 1. The van der Waals surface area contributed by atoms with Crippen molar-refractivity contribution in [3.63, 3.8) is 0 Å². The van der Waals surface area contributed by atoms with Gasteiger partial charge in [0.2, 0.25) is 0 Å². The second kappa shape index (κ2) is 5.16. The Balaban J connectivity index is 2.96. The molecule has 0 radical (unpaired) electrons. The summed E-state index contributed by atoms with van der Waals surface area (Å²) in [6, 6.07) is 0. The topological polar surface area (TPSA) is 64.0 Å². The largest absolute Gasteiger partial charge is 0.339 e. The summed E-state index contributed by atoms with van der Waals surface area (Å²) in [5.41, 5.74) is -0.573. The summed E-state index contributed by atoms with van der Waals surface area (Å²) in [6.07, 6.45) is 2.92. The SMILES string of the molecule is Cn1cnc(S(=O)(=O)NC(C)(CBr)CBr)c1. The molecule has 0 saturated heterocycles. The van der Waals surface area contributed by atoms with E-state index in [1.807, 2.05) is 0 Å². The molecule has 1 rings (SSSR count). The zero-order valence-corrected chi connectivity index (χ0v) is 12.9. The number of halogens is 2. The summed E-state index contributed by atoms with van der Waals surface area (Å²) >= 11 is 6.56. The minimum atomic E-state index is -3.56. The van der Waals surface area contributed by atoms with E-state index in [0.29, 0.717) is 10.7 Å². The molecule has 0 unspecified atom stereocenters. The predicted octanol–water partition coefficient (Wildman–Crippen LogP) is 1.25. The van der Waals surface area contributed by atoms with Crippen LogP contribution in [0.15, 0.2) is 17.6 Å². The maximum absolute atomic E-state index is 12.0. The smallest absolute Gasteiger partial charge is 0.260 e. The third-order valence-electron chi connectivity index (χ3n) is 1.93. The molecule has 0 bridgehead atoms. The molecule has 92 valence electrons. The molecule has 1 aromatic heterocycles. The number of hydrogen-bond acceptors (Lipinski definition) is 3. The first-order valence-electron chi connectivity index (χ1n) is 4.47. The maximum atomic E-state index is 12.0. The zero-order chi connectivity index (χ0) is 12.4. The van der Waals surface area contributed by atoms with Gasteiger partial charge in [-0.05, 0) is 6.92 Å². The Bertz CT molecular complexity index is 454. The lowest BCUT2D eigenvalue weighted by Gasteiger charge is -2.25. The van der Waals surface area contributed by atoms with Crippen LogP contribution in [0.5, 0.6) is 0 Å². The molecule has 0 aliphatic heterocycles. The van der Waals surface area contributed by atoms with E-state index < -0.39 is 15.6 Å². The van der Waals surface area contributed by atoms with Gasteiger partial charge in [0.15, 0.2) is 5.03 Å². The van der Waals surface area contributed by atoms with Gasteiger partial charge in [-0.15, -0.1) is 0 Å². The first-order chi connectivity index (χ1) is 7.33. The molecule has 0 amide bonds. The van der Waals surface area contributed by atoms with E-state index >= 15 is 0 Å². The summed E-state index contributed by atoms with van der Waals surface area (Å²) in [5, 5.41) is 1.05. The Morgan fingerprint density at radius 1 is 1.50 bits per heavy atom. The zero-order valence-electron chi connectivity index (χ0n) is 8.94. The Labute approximate surface area is 112 Å². The minimum absolute atomic E-state index is 0.0307. The van der Waals surface area contributed by atoms with Crippen LogP contribution in [0.2, 0.25) is 0 Å². The number of rotatable bonds is 5. The fraction of sp³-hybridized carbons (Fsp3) is 0.625. The lowest BCUT2D eigenvalue weighted by atomic mass is 10.1. The Hall–Kier alpha value is 0.0800. The number of nitrogens with zero attached hydrogens (tertiary/aromatic N) is 2. The third kappa shape index (κ3) is 3.28. The lowest BCUT2D eigenvalue weighted by molar-refractivity contribution is 0.507. The molecule has 0 aliphatic rings. The molecule has 0 aromatic carbocycles.